The Morgan fingerprint density at radius 2 is 1.29 bits per heavy atom. The Morgan fingerprint density at radius 3 is 1.87 bits per heavy atom. The summed E-state index contributed by atoms with van der Waals surface area (Å²) in [6.45, 7) is 6.28. The van der Waals surface area contributed by atoms with Gasteiger partial charge in [0.1, 0.15) is 17.2 Å². The first-order chi connectivity index (χ1) is 18.4. The van der Waals surface area contributed by atoms with Crippen molar-refractivity contribution in [3.63, 3.8) is 0 Å². The molecule has 3 rings (SSSR count). The molecule has 0 aliphatic carbocycles. The SMILES string of the molecule is C=C(C)C(=O)OCCCCCCOc1ccc(-c2ccc(OC(=O)C=Cc3ccc(OC)cc3)cc2)cc1. The van der Waals surface area contributed by atoms with Gasteiger partial charge in [-0.3, -0.25) is 0 Å². The zero-order valence-electron chi connectivity index (χ0n) is 22.0. The lowest BCUT2D eigenvalue weighted by molar-refractivity contribution is -0.139. The normalized spacial score (nSPS) is 10.7. The lowest BCUT2D eigenvalue weighted by Crippen LogP contribution is -2.06. The number of esters is 2. The van der Waals surface area contributed by atoms with Crippen molar-refractivity contribution in [2.75, 3.05) is 20.3 Å². The highest BCUT2D eigenvalue weighted by Crippen LogP contribution is 2.25. The third-order valence-corrected chi connectivity index (χ3v) is 5.68. The largest absolute Gasteiger partial charge is 0.497 e. The second kappa shape index (κ2) is 15.1. The van der Waals surface area contributed by atoms with E-state index in [0.29, 0.717) is 24.5 Å². The van der Waals surface area contributed by atoms with E-state index in [1.54, 1.807) is 32.2 Å². The molecule has 0 aliphatic rings. The van der Waals surface area contributed by atoms with E-state index in [4.69, 9.17) is 18.9 Å². The number of carbonyl (C=O) groups is 2. The van der Waals surface area contributed by atoms with E-state index in [1.165, 1.54) is 6.08 Å². The molecule has 0 spiro atoms. The molecule has 38 heavy (non-hydrogen) atoms. The van der Waals surface area contributed by atoms with E-state index in [-0.39, 0.29) is 5.97 Å². The summed E-state index contributed by atoms with van der Waals surface area (Å²) in [4.78, 5) is 23.5. The maximum atomic E-state index is 12.2. The predicted octanol–water partition coefficient (Wildman–Crippen LogP) is 7.04. The van der Waals surface area contributed by atoms with E-state index in [9.17, 15) is 9.59 Å². The van der Waals surface area contributed by atoms with Gasteiger partial charge in [-0.15, -0.1) is 0 Å². The highest BCUT2D eigenvalue weighted by atomic mass is 16.5. The molecular formula is C32H34O6. The van der Waals surface area contributed by atoms with Gasteiger partial charge in [0.15, 0.2) is 0 Å². The van der Waals surface area contributed by atoms with Crippen LogP contribution in [0, 0.1) is 0 Å². The number of ether oxygens (including phenoxy) is 4. The Labute approximate surface area is 224 Å². The van der Waals surface area contributed by atoms with E-state index in [1.807, 2.05) is 60.7 Å². The molecule has 0 unspecified atom stereocenters. The van der Waals surface area contributed by atoms with Crippen LogP contribution in [0.15, 0.2) is 91.0 Å². The van der Waals surface area contributed by atoms with Crippen LogP contribution in [0.2, 0.25) is 0 Å². The van der Waals surface area contributed by atoms with E-state index >= 15 is 0 Å². The first-order valence-corrected chi connectivity index (χ1v) is 12.6. The van der Waals surface area contributed by atoms with E-state index in [2.05, 4.69) is 6.58 Å². The highest BCUT2D eigenvalue weighted by molar-refractivity contribution is 5.89. The first-order valence-electron chi connectivity index (χ1n) is 12.6. The summed E-state index contributed by atoms with van der Waals surface area (Å²) in [7, 11) is 1.61. The average Bonchev–Trinajstić information content (AvgIpc) is 2.94. The second-order valence-electron chi connectivity index (χ2n) is 8.76. The van der Waals surface area contributed by atoms with E-state index < -0.39 is 5.97 Å². The molecule has 6 heteroatoms. The van der Waals surface area contributed by atoms with Gasteiger partial charge in [0.25, 0.3) is 0 Å². The molecule has 0 N–H and O–H groups in total. The zero-order valence-corrected chi connectivity index (χ0v) is 22.0. The predicted molar refractivity (Wildman–Crippen MR) is 149 cm³/mol. The third kappa shape index (κ3) is 9.62. The van der Waals surface area contributed by atoms with Gasteiger partial charge in [-0.2, -0.15) is 0 Å². The molecule has 0 aliphatic heterocycles. The van der Waals surface area contributed by atoms with Crippen molar-refractivity contribution >= 4 is 18.0 Å². The topological polar surface area (TPSA) is 71.1 Å². The number of benzene rings is 3. The molecule has 0 amide bonds. The molecule has 198 valence electrons. The molecule has 6 nitrogen and oxygen atoms in total. The molecule has 0 atom stereocenters. The van der Waals surface area contributed by atoms with Gasteiger partial charge < -0.3 is 18.9 Å². The van der Waals surface area contributed by atoms with Crippen LogP contribution < -0.4 is 14.2 Å². The number of unbranched alkanes of at least 4 members (excludes halogenated alkanes) is 3. The van der Waals surface area contributed by atoms with Crippen LogP contribution in [-0.4, -0.2) is 32.3 Å². The van der Waals surface area contributed by atoms with Crippen molar-refractivity contribution in [2.45, 2.75) is 32.6 Å². The van der Waals surface area contributed by atoms with Crippen LogP contribution in [-0.2, 0) is 14.3 Å². The Morgan fingerprint density at radius 1 is 0.737 bits per heavy atom. The smallest absolute Gasteiger partial charge is 0.336 e. The van der Waals surface area contributed by atoms with Crippen molar-refractivity contribution in [1.82, 2.24) is 0 Å². The van der Waals surface area contributed by atoms with Gasteiger partial charge in [0, 0.05) is 11.6 Å². The molecule has 3 aromatic rings. The van der Waals surface area contributed by atoms with Gasteiger partial charge >= 0.3 is 11.9 Å². The average molecular weight is 515 g/mol. The van der Waals surface area contributed by atoms with Crippen molar-refractivity contribution in [2.24, 2.45) is 0 Å². The van der Waals surface area contributed by atoms with Gasteiger partial charge in [0.05, 0.1) is 20.3 Å². The summed E-state index contributed by atoms with van der Waals surface area (Å²) in [5.41, 5.74) is 3.36. The monoisotopic (exact) mass is 514 g/mol. The van der Waals surface area contributed by atoms with Crippen LogP contribution in [0.5, 0.6) is 17.2 Å². The molecule has 0 saturated carbocycles. The Kier molecular flexibility index (Phi) is 11.2. The Hall–Kier alpha value is -4.32. The summed E-state index contributed by atoms with van der Waals surface area (Å²) in [6, 6.07) is 22.7. The number of methoxy groups -OCH3 is 1. The molecule has 0 radical (unpaired) electrons. The molecule has 0 aromatic heterocycles. The minimum absolute atomic E-state index is 0.328. The van der Waals surface area contributed by atoms with Crippen molar-refractivity contribution in [3.05, 3.63) is 96.6 Å². The maximum Gasteiger partial charge on any atom is 0.336 e. The van der Waals surface area contributed by atoms with Crippen molar-refractivity contribution in [3.8, 4) is 28.4 Å². The van der Waals surface area contributed by atoms with Crippen LogP contribution in [0.1, 0.15) is 38.2 Å². The number of rotatable bonds is 14. The molecule has 3 aromatic carbocycles. The van der Waals surface area contributed by atoms with Gasteiger partial charge in [0.2, 0.25) is 0 Å². The Bertz CT molecular complexity index is 1210. The lowest BCUT2D eigenvalue weighted by Gasteiger charge is -2.08. The maximum absolute atomic E-state index is 12.2. The quantitative estimate of drug-likeness (QED) is 0.0994. The van der Waals surface area contributed by atoms with Crippen LogP contribution in [0.4, 0.5) is 0 Å². The van der Waals surface area contributed by atoms with Gasteiger partial charge in [-0.1, -0.05) is 43.0 Å². The molecule has 0 bridgehead atoms. The lowest BCUT2D eigenvalue weighted by atomic mass is 10.1. The highest BCUT2D eigenvalue weighted by Gasteiger charge is 2.04. The molecule has 0 fully saturated rings. The fourth-order valence-electron chi connectivity index (χ4n) is 3.52. The number of hydrogen-bond donors (Lipinski definition) is 0. The van der Waals surface area contributed by atoms with Crippen LogP contribution >= 0.6 is 0 Å². The fraction of sp³-hybridized carbons (Fsp3) is 0.250. The van der Waals surface area contributed by atoms with Crippen molar-refractivity contribution < 1.29 is 28.5 Å². The summed E-state index contributed by atoms with van der Waals surface area (Å²) in [5, 5.41) is 0. The van der Waals surface area contributed by atoms with Gasteiger partial charge in [-0.25, -0.2) is 9.59 Å². The molecule has 0 saturated heterocycles. The van der Waals surface area contributed by atoms with Crippen LogP contribution in [0.25, 0.3) is 17.2 Å². The standard InChI is InChI=1S/C32H34O6/c1-24(2)32(34)37-23-7-5-4-6-22-36-29-17-11-26(12-18-29)27-13-19-30(20-14-27)38-31(33)21-10-25-8-15-28(35-3)16-9-25/h8-21H,1,4-7,22-23H2,2-3H3. The summed E-state index contributed by atoms with van der Waals surface area (Å²) >= 11 is 0. The summed E-state index contributed by atoms with van der Waals surface area (Å²) < 4.78 is 21.5. The minimum Gasteiger partial charge on any atom is -0.497 e. The molecule has 0 heterocycles. The second-order valence-corrected chi connectivity index (χ2v) is 8.76. The minimum atomic E-state index is -0.443. The van der Waals surface area contributed by atoms with Gasteiger partial charge in [-0.05, 0) is 91.8 Å². The van der Waals surface area contributed by atoms with E-state index in [0.717, 1.165) is 53.9 Å². The zero-order chi connectivity index (χ0) is 27.2. The first kappa shape index (κ1) is 28.3. The third-order valence-electron chi connectivity index (χ3n) is 5.68. The number of carbonyl (C=O) groups excluding carboxylic acids is 2. The Balaban J connectivity index is 1.37. The van der Waals surface area contributed by atoms with Crippen molar-refractivity contribution in [1.29, 1.82) is 0 Å². The summed E-state index contributed by atoms with van der Waals surface area (Å²) in [5.74, 6) is 1.29. The number of hydrogen-bond acceptors (Lipinski definition) is 6. The molecular weight excluding hydrogens is 480 g/mol. The summed E-state index contributed by atoms with van der Waals surface area (Å²) in [6.07, 6.45) is 6.87. The van der Waals surface area contributed by atoms with Crippen LogP contribution in [0.3, 0.4) is 0 Å². The fourth-order valence-corrected chi connectivity index (χ4v) is 3.52.